The topological polar surface area (TPSA) is 114 Å². The Morgan fingerprint density at radius 1 is 0.822 bits per heavy atom. The number of alkyl carbamates (subject to hydrolysis) is 1. The van der Waals surface area contributed by atoms with Gasteiger partial charge < -0.3 is 25.0 Å². The van der Waals surface area contributed by atoms with Crippen molar-refractivity contribution >= 4 is 23.9 Å². The summed E-state index contributed by atoms with van der Waals surface area (Å²) in [4.78, 5) is 55.9. The number of esters is 1. The molecule has 1 aliphatic rings. The van der Waals surface area contributed by atoms with Gasteiger partial charge in [0.1, 0.15) is 29.8 Å². The van der Waals surface area contributed by atoms with Gasteiger partial charge in [-0.15, -0.1) is 0 Å². The Labute approximate surface area is 265 Å². The van der Waals surface area contributed by atoms with Gasteiger partial charge in [0.25, 0.3) is 0 Å². The van der Waals surface area contributed by atoms with Gasteiger partial charge >= 0.3 is 12.1 Å². The number of hydrogen-bond donors (Lipinski definition) is 2. The Kier molecular flexibility index (Phi) is 11.0. The van der Waals surface area contributed by atoms with Crippen molar-refractivity contribution in [3.05, 3.63) is 108 Å². The number of amides is 3. The second kappa shape index (κ2) is 14.9. The predicted molar refractivity (Wildman–Crippen MR) is 171 cm³/mol. The fraction of sp³-hybridized carbons (Fsp3) is 0.389. The van der Waals surface area contributed by atoms with Crippen LogP contribution in [0.1, 0.15) is 57.2 Å². The van der Waals surface area contributed by atoms with Gasteiger partial charge in [-0.25, -0.2) is 9.59 Å². The van der Waals surface area contributed by atoms with Crippen molar-refractivity contribution in [3.8, 4) is 0 Å². The fourth-order valence-electron chi connectivity index (χ4n) is 5.38. The van der Waals surface area contributed by atoms with Crippen molar-refractivity contribution in [2.24, 2.45) is 0 Å². The Morgan fingerprint density at radius 3 is 1.96 bits per heavy atom. The molecule has 3 atom stereocenters. The highest BCUT2D eigenvalue weighted by atomic mass is 16.6. The highest BCUT2D eigenvalue weighted by Crippen LogP contribution is 2.23. The first-order valence-electron chi connectivity index (χ1n) is 15.3. The van der Waals surface area contributed by atoms with Crippen LogP contribution in [0.4, 0.5) is 4.79 Å². The third-order valence-electron chi connectivity index (χ3n) is 7.60. The van der Waals surface area contributed by atoms with Crippen LogP contribution in [-0.4, -0.2) is 58.5 Å². The number of hydrogen-bond acceptors (Lipinski definition) is 6. The lowest BCUT2D eigenvalue weighted by molar-refractivity contribution is -0.155. The Bertz CT molecular complexity index is 1440. The molecule has 45 heavy (non-hydrogen) atoms. The van der Waals surface area contributed by atoms with E-state index in [4.69, 9.17) is 9.47 Å². The number of likely N-dealkylation sites (tertiary alicyclic amines) is 1. The summed E-state index contributed by atoms with van der Waals surface area (Å²) >= 11 is 0. The minimum Gasteiger partial charge on any atom is -0.459 e. The monoisotopic (exact) mass is 613 g/mol. The highest BCUT2D eigenvalue weighted by Gasteiger charge is 2.42. The lowest BCUT2D eigenvalue weighted by Crippen LogP contribution is -2.62. The molecule has 0 bridgehead atoms. The van der Waals surface area contributed by atoms with Crippen LogP contribution in [0.15, 0.2) is 91.0 Å². The average Bonchev–Trinajstić information content (AvgIpc) is 3.50. The van der Waals surface area contributed by atoms with Gasteiger partial charge in [0.05, 0.1) is 0 Å². The molecule has 0 aliphatic carbocycles. The lowest BCUT2D eigenvalue weighted by Gasteiger charge is -2.34. The molecular weight excluding hydrogens is 570 g/mol. The molecule has 1 saturated heterocycles. The summed E-state index contributed by atoms with van der Waals surface area (Å²) in [5, 5.41) is 5.70. The molecule has 1 heterocycles. The van der Waals surface area contributed by atoms with Crippen molar-refractivity contribution < 1.29 is 28.7 Å². The van der Waals surface area contributed by atoms with Crippen LogP contribution in [0.5, 0.6) is 0 Å². The predicted octanol–water partition coefficient (Wildman–Crippen LogP) is 4.97. The zero-order valence-corrected chi connectivity index (χ0v) is 26.5. The van der Waals surface area contributed by atoms with Gasteiger partial charge in [-0.05, 0) is 57.2 Å². The summed E-state index contributed by atoms with van der Waals surface area (Å²) in [6.07, 6.45) is 0.708. The first-order chi connectivity index (χ1) is 21.4. The molecule has 9 heteroatoms. The zero-order valence-electron chi connectivity index (χ0n) is 26.5. The van der Waals surface area contributed by atoms with Gasteiger partial charge in [0, 0.05) is 19.4 Å². The van der Waals surface area contributed by atoms with Gasteiger partial charge in [-0.1, -0.05) is 91.0 Å². The summed E-state index contributed by atoms with van der Waals surface area (Å²) in [6, 6.07) is 26.3. The maximum atomic E-state index is 14.2. The van der Waals surface area contributed by atoms with Crippen LogP contribution < -0.4 is 10.6 Å². The molecule has 0 radical (unpaired) electrons. The zero-order chi connectivity index (χ0) is 32.5. The first-order valence-corrected chi connectivity index (χ1v) is 15.3. The molecule has 2 N–H and O–H groups in total. The van der Waals surface area contributed by atoms with E-state index in [9.17, 15) is 19.2 Å². The number of nitrogens with zero attached hydrogens (tertiary/aromatic N) is 1. The first kappa shape index (κ1) is 33.2. The summed E-state index contributed by atoms with van der Waals surface area (Å²) in [5.41, 5.74) is 0.269. The summed E-state index contributed by atoms with van der Waals surface area (Å²) < 4.78 is 11.1. The third kappa shape index (κ3) is 9.66. The minimum absolute atomic E-state index is 0.108. The lowest BCUT2D eigenvalue weighted by atomic mass is 9.91. The molecule has 9 nitrogen and oxygen atoms in total. The number of carbonyl (C=O) groups excluding carboxylic acids is 4. The number of rotatable bonds is 11. The van der Waals surface area contributed by atoms with Crippen LogP contribution in [0.3, 0.4) is 0 Å². The molecule has 0 spiro atoms. The van der Waals surface area contributed by atoms with Gasteiger partial charge in [0.15, 0.2) is 0 Å². The SMILES string of the molecule is CC(C)(C)OC(=O)N[C@@](C)(Cc1ccccc1)C(=O)NC(Cc1ccccc1)C(=O)N1CCC[C@@H]1C(=O)OCc1ccccc1. The van der Waals surface area contributed by atoms with E-state index >= 15 is 0 Å². The van der Waals surface area contributed by atoms with E-state index in [1.165, 1.54) is 4.90 Å². The molecule has 1 unspecified atom stereocenters. The van der Waals surface area contributed by atoms with Crippen molar-refractivity contribution in [2.45, 2.75) is 83.2 Å². The maximum absolute atomic E-state index is 14.2. The number of ether oxygens (including phenoxy) is 2. The molecule has 4 rings (SSSR count). The minimum atomic E-state index is -1.46. The standard InChI is InChI=1S/C36H43N3O6/c1-35(2,3)45-34(43)38-36(4,24-27-17-10-6-11-18-27)33(42)37-29(23-26-15-8-5-9-16-26)31(40)39-22-14-21-30(39)32(41)44-25-28-19-12-7-13-20-28/h5-13,15-20,29-30H,14,21-25H2,1-4H3,(H,37,42)(H,38,43)/t29?,30-,36+/m1/s1. The van der Waals surface area contributed by atoms with E-state index in [0.29, 0.717) is 19.4 Å². The number of benzene rings is 3. The molecule has 0 aromatic heterocycles. The Balaban J connectivity index is 1.57. The summed E-state index contributed by atoms with van der Waals surface area (Å²) in [7, 11) is 0. The second-order valence-electron chi connectivity index (χ2n) is 12.6. The van der Waals surface area contributed by atoms with Crippen LogP contribution in [0, 0.1) is 0 Å². The van der Waals surface area contributed by atoms with E-state index in [1.807, 2.05) is 91.0 Å². The van der Waals surface area contributed by atoms with Crippen LogP contribution >= 0.6 is 0 Å². The summed E-state index contributed by atoms with van der Waals surface area (Å²) in [6.45, 7) is 7.31. The molecule has 1 fully saturated rings. The van der Waals surface area contributed by atoms with Crippen molar-refractivity contribution in [1.29, 1.82) is 0 Å². The normalized spacial score (nSPS) is 16.6. The largest absolute Gasteiger partial charge is 0.459 e. The van der Waals surface area contributed by atoms with Crippen molar-refractivity contribution in [3.63, 3.8) is 0 Å². The van der Waals surface area contributed by atoms with Gasteiger partial charge in [-0.2, -0.15) is 0 Å². The molecular formula is C36H43N3O6. The van der Waals surface area contributed by atoms with Crippen molar-refractivity contribution in [1.82, 2.24) is 15.5 Å². The molecule has 3 amide bonds. The van der Waals surface area contributed by atoms with E-state index < -0.39 is 41.2 Å². The molecule has 238 valence electrons. The van der Waals surface area contributed by atoms with Crippen LogP contribution in [0.2, 0.25) is 0 Å². The second-order valence-corrected chi connectivity index (χ2v) is 12.6. The quantitative estimate of drug-likeness (QED) is 0.295. The van der Waals surface area contributed by atoms with Gasteiger partial charge in [0.2, 0.25) is 11.8 Å². The number of carbonyl (C=O) groups is 4. The van der Waals surface area contributed by atoms with Gasteiger partial charge in [-0.3, -0.25) is 9.59 Å². The van der Waals surface area contributed by atoms with E-state index in [-0.39, 0.29) is 25.4 Å². The third-order valence-corrected chi connectivity index (χ3v) is 7.60. The number of nitrogens with one attached hydrogen (secondary N) is 2. The van der Waals surface area contributed by atoms with Crippen LogP contribution in [0.25, 0.3) is 0 Å². The molecule has 0 saturated carbocycles. The van der Waals surface area contributed by atoms with Crippen molar-refractivity contribution in [2.75, 3.05) is 6.54 Å². The smallest absolute Gasteiger partial charge is 0.408 e. The van der Waals surface area contributed by atoms with Crippen LogP contribution in [-0.2, 0) is 43.3 Å². The fourth-order valence-corrected chi connectivity index (χ4v) is 5.38. The average molecular weight is 614 g/mol. The Hall–Kier alpha value is -4.66. The van der Waals surface area contributed by atoms with E-state index in [0.717, 1.165) is 16.7 Å². The van der Waals surface area contributed by atoms with E-state index in [2.05, 4.69) is 10.6 Å². The molecule has 3 aromatic carbocycles. The summed E-state index contributed by atoms with van der Waals surface area (Å²) in [5.74, 6) is -1.41. The van der Waals surface area contributed by atoms with E-state index in [1.54, 1.807) is 27.7 Å². The maximum Gasteiger partial charge on any atom is 0.408 e. The molecule has 3 aromatic rings. The Morgan fingerprint density at radius 2 is 1.38 bits per heavy atom. The highest BCUT2D eigenvalue weighted by molar-refractivity contribution is 5.95. The molecule has 1 aliphatic heterocycles.